The van der Waals surface area contributed by atoms with Gasteiger partial charge in [0.1, 0.15) is 6.10 Å². The molecule has 68 valence electrons. The highest BCUT2D eigenvalue weighted by molar-refractivity contribution is 6.18. The van der Waals surface area contributed by atoms with Gasteiger partial charge in [-0.3, -0.25) is 0 Å². The first-order valence-electron chi connectivity index (χ1n) is 3.88. The summed E-state index contributed by atoms with van der Waals surface area (Å²) >= 11 is 5.64. The fourth-order valence-electron chi connectivity index (χ4n) is 1.28. The Morgan fingerprint density at radius 2 is 2.25 bits per heavy atom. The molecule has 1 rings (SSSR count). The molecule has 1 saturated heterocycles. The van der Waals surface area contributed by atoms with E-state index in [1.54, 1.807) is 13.8 Å². The Kier molecular flexibility index (Phi) is 2.94. The second-order valence-electron chi connectivity index (χ2n) is 3.27. The van der Waals surface area contributed by atoms with Crippen LogP contribution in [0, 0.1) is 11.3 Å². The zero-order valence-corrected chi connectivity index (χ0v) is 7.97. The summed E-state index contributed by atoms with van der Waals surface area (Å²) in [5.74, 6) is -0.275. The van der Waals surface area contributed by atoms with Crippen LogP contribution in [0.5, 0.6) is 0 Å². The van der Waals surface area contributed by atoms with Crippen LogP contribution >= 0.6 is 11.6 Å². The standard InChI is InChI=1S/C8H12ClNO2/c1-8(2)11-6(4-9)3-7(5-10)12-8/h6-7H,3-4H2,1-2H3. The van der Waals surface area contributed by atoms with Crippen LogP contribution in [0.1, 0.15) is 20.3 Å². The van der Waals surface area contributed by atoms with Crippen LogP contribution in [0.4, 0.5) is 0 Å². The number of hydrogen-bond donors (Lipinski definition) is 0. The van der Waals surface area contributed by atoms with Gasteiger partial charge < -0.3 is 9.47 Å². The van der Waals surface area contributed by atoms with Crippen LogP contribution in [0.2, 0.25) is 0 Å². The van der Waals surface area contributed by atoms with E-state index in [0.29, 0.717) is 12.3 Å². The quantitative estimate of drug-likeness (QED) is 0.590. The van der Waals surface area contributed by atoms with Gasteiger partial charge in [0.25, 0.3) is 0 Å². The zero-order chi connectivity index (χ0) is 9.19. The maximum absolute atomic E-state index is 8.66. The molecule has 2 unspecified atom stereocenters. The van der Waals surface area contributed by atoms with Crippen LogP contribution in [-0.2, 0) is 9.47 Å². The maximum atomic E-state index is 8.66. The van der Waals surface area contributed by atoms with E-state index in [1.807, 2.05) is 0 Å². The van der Waals surface area contributed by atoms with Crippen molar-refractivity contribution in [2.45, 2.75) is 38.3 Å². The molecule has 0 bridgehead atoms. The van der Waals surface area contributed by atoms with Crippen molar-refractivity contribution < 1.29 is 9.47 Å². The van der Waals surface area contributed by atoms with Crippen LogP contribution in [0.15, 0.2) is 0 Å². The highest BCUT2D eigenvalue weighted by Gasteiger charge is 2.34. The lowest BCUT2D eigenvalue weighted by Crippen LogP contribution is -2.44. The molecule has 0 aromatic carbocycles. The molecule has 12 heavy (non-hydrogen) atoms. The Labute approximate surface area is 77.2 Å². The first-order valence-corrected chi connectivity index (χ1v) is 4.42. The smallest absolute Gasteiger partial charge is 0.164 e. The summed E-state index contributed by atoms with van der Waals surface area (Å²) < 4.78 is 10.8. The Balaban J connectivity index is 2.60. The third-order valence-corrected chi connectivity index (χ3v) is 2.01. The van der Waals surface area contributed by atoms with Gasteiger partial charge in [0.05, 0.1) is 12.2 Å². The van der Waals surface area contributed by atoms with Gasteiger partial charge >= 0.3 is 0 Å². The van der Waals surface area contributed by atoms with Gasteiger partial charge in [-0.15, -0.1) is 11.6 Å². The first-order chi connectivity index (χ1) is 5.57. The van der Waals surface area contributed by atoms with E-state index >= 15 is 0 Å². The molecule has 1 aliphatic rings. The minimum absolute atomic E-state index is 0.0694. The SMILES string of the molecule is CC1(C)OC(C#N)CC(CCl)O1. The fourth-order valence-corrected chi connectivity index (χ4v) is 1.47. The summed E-state index contributed by atoms with van der Waals surface area (Å²) in [7, 11) is 0. The van der Waals surface area contributed by atoms with E-state index in [9.17, 15) is 0 Å². The van der Waals surface area contributed by atoms with Crippen molar-refractivity contribution in [2.75, 3.05) is 5.88 Å². The highest BCUT2D eigenvalue weighted by Crippen LogP contribution is 2.26. The number of hydrogen-bond acceptors (Lipinski definition) is 3. The Hall–Kier alpha value is -0.300. The summed E-state index contributed by atoms with van der Waals surface area (Å²) in [6.45, 7) is 3.58. The van der Waals surface area contributed by atoms with Gasteiger partial charge in [0.15, 0.2) is 5.79 Å². The Morgan fingerprint density at radius 3 is 2.75 bits per heavy atom. The van der Waals surface area contributed by atoms with Gasteiger partial charge in [-0.2, -0.15) is 5.26 Å². The van der Waals surface area contributed by atoms with Crippen molar-refractivity contribution in [3.05, 3.63) is 0 Å². The first kappa shape index (κ1) is 9.79. The molecule has 0 aromatic rings. The second-order valence-corrected chi connectivity index (χ2v) is 3.57. The second kappa shape index (κ2) is 3.61. The van der Waals surface area contributed by atoms with Crippen molar-refractivity contribution in [3.63, 3.8) is 0 Å². The van der Waals surface area contributed by atoms with Gasteiger partial charge in [-0.25, -0.2) is 0 Å². The van der Waals surface area contributed by atoms with E-state index in [2.05, 4.69) is 6.07 Å². The molecule has 1 aliphatic heterocycles. The van der Waals surface area contributed by atoms with Crippen molar-refractivity contribution in [3.8, 4) is 6.07 Å². The molecule has 4 heteroatoms. The van der Waals surface area contributed by atoms with Crippen LogP contribution in [0.3, 0.4) is 0 Å². The molecule has 0 aromatic heterocycles. The van der Waals surface area contributed by atoms with Gasteiger partial charge in [0, 0.05) is 12.3 Å². The number of nitriles is 1. The van der Waals surface area contributed by atoms with Crippen molar-refractivity contribution in [1.82, 2.24) is 0 Å². The molecule has 1 fully saturated rings. The largest absolute Gasteiger partial charge is 0.346 e. The molecule has 2 atom stereocenters. The number of ether oxygens (including phenoxy) is 2. The average molecular weight is 190 g/mol. The third kappa shape index (κ3) is 2.34. The zero-order valence-electron chi connectivity index (χ0n) is 7.21. The number of nitrogens with zero attached hydrogens (tertiary/aromatic N) is 1. The van der Waals surface area contributed by atoms with Crippen molar-refractivity contribution in [1.29, 1.82) is 5.26 Å². The van der Waals surface area contributed by atoms with Gasteiger partial charge in [0.2, 0.25) is 0 Å². The minimum Gasteiger partial charge on any atom is -0.346 e. The summed E-state index contributed by atoms with van der Waals surface area (Å²) in [5.41, 5.74) is 0. The lowest BCUT2D eigenvalue weighted by atomic mass is 10.1. The highest BCUT2D eigenvalue weighted by atomic mass is 35.5. The van der Waals surface area contributed by atoms with E-state index < -0.39 is 11.9 Å². The molecule has 0 spiro atoms. The molecule has 3 nitrogen and oxygen atoms in total. The number of alkyl halides is 1. The third-order valence-electron chi connectivity index (χ3n) is 1.67. The van der Waals surface area contributed by atoms with Crippen LogP contribution in [-0.4, -0.2) is 23.9 Å². The summed E-state index contributed by atoms with van der Waals surface area (Å²) in [6, 6.07) is 2.06. The molecule has 0 aliphatic carbocycles. The van der Waals surface area contributed by atoms with Crippen molar-refractivity contribution in [2.24, 2.45) is 0 Å². The summed E-state index contributed by atoms with van der Waals surface area (Å²) in [6.07, 6.45) is 0.0984. The van der Waals surface area contributed by atoms with Crippen molar-refractivity contribution >= 4 is 11.6 Å². The van der Waals surface area contributed by atoms with E-state index in [1.165, 1.54) is 0 Å². The van der Waals surface area contributed by atoms with Crippen LogP contribution in [0.25, 0.3) is 0 Å². The molecule has 0 saturated carbocycles. The summed E-state index contributed by atoms with van der Waals surface area (Å²) in [5, 5.41) is 8.66. The molecule has 1 heterocycles. The van der Waals surface area contributed by atoms with E-state index in [-0.39, 0.29) is 6.10 Å². The van der Waals surface area contributed by atoms with Gasteiger partial charge in [-0.1, -0.05) is 0 Å². The molecule has 0 amide bonds. The lowest BCUT2D eigenvalue weighted by molar-refractivity contribution is -0.284. The topological polar surface area (TPSA) is 42.2 Å². The van der Waals surface area contributed by atoms with Gasteiger partial charge in [-0.05, 0) is 13.8 Å². The fraction of sp³-hybridized carbons (Fsp3) is 0.875. The number of halogens is 1. The van der Waals surface area contributed by atoms with E-state index in [0.717, 1.165) is 0 Å². The van der Waals surface area contributed by atoms with E-state index in [4.69, 9.17) is 26.3 Å². The normalized spacial score (nSPS) is 34.2. The monoisotopic (exact) mass is 189 g/mol. The Morgan fingerprint density at radius 1 is 1.58 bits per heavy atom. The Bertz CT molecular complexity index is 200. The predicted octanol–water partition coefficient (Wildman–Crippen LogP) is 1.66. The number of rotatable bonds is 1. The molecular formula is C8H12ClNO2. The van der Waals surface area contributed by atoms with Crippen LogP contribution < -0.4 is 0 Å². The summed E-state index contributed by atoms with van der Waals surface area (Å²) in [4.78, 5) is 0. The molecular weight excluding hydrogens is 178 g/mol. The maximum Gasteiger partial charge on any atom is 0.164 e. The minimum atomic E-state index is -0.682. The predicted molar refractivity (Wildman–Crippen MR) is 44.8 cm³/mol. The molecule has 0 radical (unpaired) electrons. The molecule has 0 N–H and O–H groups in total. The average Bonchev–Trinajstić information content (AvgIpc) is 2.01. The lowest BCUT2D eigenvalue weighted by Gasteiger charge is -2.37.